The number of rotatable bonds is 4. The molecule has 1 unspecified atom stereocenters. The van der Waals surface area contributed by atoms with Crippen LogP contribution in [-0.4, -0.2) is 28.6 Å². The lowest BCUT2D eigenvalue weighted by atomic mass is 9.86. The van der Waals surface area contributed by atoms with Gasteiger partial charge in [-0.05, 0) is 24.6 Å². The topological polar surface area (TPSA) is 110 Å². The largest absolute Gasteiger partial charge is 0.484 e. The molecule has 7 nitrogen and oxygen atoms in total. The Balaban J connectivity index is 1.86. The Morgan fingerprint density at radius 1 is 1.41 bits per heavy atom. The summed E-state index contributed by atoms with van der Waals surface area (Å²) in [5, 5.41) is 9.79. The number of aromatic amines is 1. The number of hydrogen-bond donors (Lipinski definition) is 3. The third-order valence-corrected chi connectivity index (χ3v) is 3.65. The number of primary amides is 1. The van der Waals surface area contributed by atoms with E-state index in [0.29, 0.717) is 18.0 Å². The van der Waals surface area contributed by atoms with Gasteiger partial charge in [-0.25, -0.2) is 0 Å². The lowest BCUT2D eigenvalue weighted by Crippen LogP contribution is -2.23. The molecule has 2 heterocycles. The van der Waals surface area contributed by atoms with E-state index in [4.69, 9.17) is 10.5 Å². The molecule has 1 atom stereocenters. The van der Waals surface area contributed by atoms with Crippen LogP contribution >= 0.6 is 0 Å². The number of nitrogens with two attached hydrogens (primary N) is 1. The number of fused-ring (bicyclic) bond motifs is 1. The van der Waals surface area contributed by atoms with Gasteiger partial charge in [0.05, 0.1) is 0 Å². The molecular weight excluding hydrogens is 284 g/mol. The highest BCUT2D eigenvalue weighted by molar-refractivity contribution is 5.94. The first kappa shape index (κ1) is 14.1. The highest BCUT2D eigenvalue weighted by Gasteiger charge is 2.30. The van der Waals surface area contributed by atoms with E-state index < -0.39 is 5.91 Å². The second kappa shape index (κ2) is 5.51. The van der Waals surface area contributed by atoms with Gasteiger partial charge in [0.25, 0.3) is 5.91 Å². The summed E-state index contributed by atoms with van der Waals surface area (Å²) in [5.74, 6) is 0.525. The van der Waals surface area contributed by atoms with Crippen LogP contribution in [0, 0.1) is 6.92 Å². The number of aromatic nitrogens is 2. The summed E-state index contributed by atoms with van der Waals surface area (Å²) in [5.41, 5.74) is 7.98. The van der Waals surface area contributed by atoms with Crippen LogP contribution in [0.15, 0.2) is 24.3 Å². The smallest absolute Gasteiger partial charge is 0.255 e. The minimum Gasteiger partial charge on any atom is -0.484 e. The van der Waals surface area contributed by atoms with Gasteiger partial charge in [0.15, 0.2) is 12.4 Å². The number of carbonyl (C=O) groups excluding carboxylic acids is 2. The van der Waals surface area contributed by atoms with Crippen LogP contribution in [0.25, 0.3) is 0 Å². The van der Waals surface area contributed by atoms with Crippen LogP contribution in [0.3, 0.4) is 0 Å². The molecule has 22 heavy (non-hydrogen) atoms. The number of H-pyrrole nitrogens is 1. The van der Waals surface area contributed by atoms with Crippen LogP contribution in [0.4, 0.5) is 5.82 Å². The summed E-state index contributed by atoms with van der Waals surface area (Å²) in [7, 11) is 0. The van der Waals surface area contributed by atoms with E-state index in [1.165, 1.54) is 0 Å². The van der Waals surface area contributed by atoms with Crippen LogP contribution in [0.1, 0.15) is 29.2 Å². The fourth-order valence-corrected chi connectivity index (χ4v) is 2.67. The van der Waals surface area contributed by atoms with E-state index in [1.807, 2.05) is 19.1 Å². The Kier molecular flexibility index (Phi) is 3.54. The monoisotopic (exact) mass is 300 g/mol. The molecule has 1 aliphatic rings. The molecule has 2 amide bonds. The quantitative estimate of drug-likeness (QED) is 0.784. The zero-order valence-electron chi connectivity index (χ0n) is 12.1. The maximum atomic E-state index is 11.8. The minimum atomic E-state index is -0.522. The fourth-order valence-electron chi connectivity index (χ4n) is 2.67. The fraction of sp³-hybridized carbons (Fsp3) is 0.267. The average molecular weight is 300 g/mol. The number of anilines is 1. The lowest BCUT2D eigenvalue weighted by molar-refractivity contribution is -0.120. The Labute approximate surface area is 126 Å². The van der Waals surface area contributed by atoms with E-state index in [9.17, 15) is 9.59 Å². The number of hydrogen-bond acceptors (Lipinski definition) is 4. The number of benzene rings is 1. The summed E-state index contributed by atoms with van der Waals surface area (Å²) < 4.78 is 5.24. The van der Waals surface area contributed by atoms with E-state index in [-0.39, 0.29) is 18.4 Å². The summed E-state index contributed by atoms with van der Waals surface area (Å²) >= 11 is 0. The van der Waals surface area contributed by atoms with Crippen molar-refractivity contribution in [3.8, 4) is 5.75 Å². The molecule has 114 valence electrons. The first-order valence-corrected chi connectivity index (χ1v) is 6.90. The van der Waals surface area contributed by atoms with Crippen LogP contribution < -0.4 is 15.8 Å². The maximum absolute atomic E-state index is 11.8. The maximum Gasteiger partial charge on any atom is 0.255 e. The number of nitrogens with zero attached hydrogens (tertiary/aromatic N) is 1. The van der Waals surface area contributed by atoms with E-state index in [0.717, 1.165) is 16.8 Å². The van der Waals surface area contributed by atoms with Gasteiger partial charge in [0.2, 0.25) is 5.91 Å². The summed E-state index contributed by atoms with van der Waals surface area (Å²) in [6.07, 6.45) is 0.370. The van der Waals surface area contributed by atoms with Gasteiger partial charge in [-0.3, -0.25) is 14.7 Å². The van der Waals surface area contributed by atoms with E-state index in [2.05, 4.69) is 15.5 Å². The highest BCUT2D eigenvalue weighted by atomic mass is 16.5. The van der Waals surface area contributed by atoms with Crippen molar-refractivity contribution in [2.75, 3.05) is 11.9 Å². The van der Waals surface area contributed by atoms with Crippen LogP contribution in [0.2, 0.25) is 0 Å². The van der Waals surface area contributed by atoms with Crippen molar-refractivity contribution >= 4 is 17.6 Å². The van der Waals surface area contributed by atoms with Crippen LogP contribution in [0.5, 0.6) is 5.75 Å². The normalized spacial score (nSPS) is 16.8. The molecule has 1 aliphatic heterocycles. The van der Waals surface area contributed by atoms with Gasteiger partial charge < -0.3 is 15.8 Å². The Morgan fingerprint density at radius 3 is 2.82 bits per heavy atom. The average Bonchev–Trinajstić information content (AvgIpc) is 2.86. The van der Waals surface area contributed by atoms with Crippen molar-refractivity contribution < 1.29 is 14.3 Å². The molecule has 0 saturated carbocycles. The summed E-state index contributed by atoms with van der Waals surface area (Å²) in [6.45, 7) is 1.77. The molecule has 0 aliphatic carbocycles. The number of carbonyl (C=O) groups is 2. The van der Waals surface area contributed by atoms with Crippen molar-refractivity contribution in [3.05, 3.63) is 41.1 Å². The molecule has 0 fully saturated rings. The Hall–Kier alpha value is -2.83. The van der Waals surface area contributed by atoms with Crippen molar-refractivity contribution in [2.24, 2.45) is 5.73 Å². The highest BCUT2D eigenvalue weighted by Crippen LogP contribution is 2.38. The van der Waals surface area contributed by atoms with Gasteiger partial charge in [0, 0.05) is 23.6 Å². The lowest BCUT2D eigenvalue weighted by Gasteiger charge is -2.23. The molecule has 0 bridgehead atoms. The second-order valence-electron chi connectivity index (χ2n) is 5.24. The van der Waals surface area contributed by atoms with Gasteiger partial charge in [-0.15, -0.1) is 0 Å². The molecule has 0 radical (unpaired) electrons. The first-order chi connectivity index (χ1) is 10.5. The minimum absolute atomic E-state index is 0.0484. The number of ether oxygens (including phenoxy) is 1. The third-order valence-electron chi connectivity index (χ3n) is 3.65. The van der Waals surface area contributed by atoms with E-state index >= 15 is 0 Å². The van der Waals surface area contributed by atoms with Crippen molar-refractivity contribution in [1.82, 2.24) is 10.2 Å². The van der Waals surface area contributed by atoms with Crippen LogP contribution in [-0.2, 0) is 9.59 Å². The second-order valence-corrected chi connectivity index (χ2v) is 5.24. The molecule has 2 aromatic rings. The molecule has 4 N–H and O–H groups in total. The standard InChI is InChI=1S/C15H16N4O3/c1-8-14-11(6-13(21)17-15(14)19-18-8)9-2-4-10(5-3-9)22-7-12(16)20/h2-5,11H,6-7H2,1H3,(H2,16,20)(H2,17,18,19,21). The van der Waals surface area contributed by atoms with Crippen molar-refractivity contribution in [1.29, 1.82) is 0 Å². The predicted octanol–water partition coefficient (Wildman–Crippen LogP) is 1.06. The molecule has 0 spiro atoms. The Bertz CT molecular complexity index is 721. The molecule has 0 saturated heterocycles. The third kappa shape index (κ3) is 2.65. The van der Waals surface area contributed by atoms with Gasteiger partial charge in [0.1, 0.15) is 5.75 Å². The molecule has 1 aromatic heterocycles. The zero-order chi connectivity index (χ0) is 15.7. The molecule has 1 aromatic carbocycles. The number of aryl methyl sites for hydroxylation is 1. The van der Waals surface area contributed by atoms with E-state index in [1.54, 1.807) is 12.1 Å². The molecule has 3 rings (SSSR count). The SMILES string of the molecule is Cc1[nH]nc2c1C(c1ccc(OCC(N)=O)cc1)CC(=O)N2. The Morgan fingerprint density at radius 2 is 2.14 bits per heavy atom. The summed E-state index contributed by atoms with van der Waals surface area (Å²) in [6, 6.07) is 7.30. The van der Waals surface area contributed by atoms with Gasteiger partial charge >= 0.3 is 0 Å². The molecule has 7 heteroatoms. The molecular formula is C15H16N4O3. The summed E-state index contributed by atoms with van der Waals surface area (Å²) in [4.78, 5) is 22.5. The number of amides is 2. The van der Waals surface area contributed by atoms with Crippen molar-refractivity contribution in [3.63, 3.8) is 0 Å². The van der Waals surface area contributed by atoms with Gasteiger partial charge in [-0.1, -0.05) is 12.1 Å². The first-order valence-electron chi connectivity index (χ1n) is 6.90. The number of nitrogens with one attached hydrogen (secondary N) is 2. The van der Waals surface area contributed by atoms with Crippen molar-refractivity contribution in [2.45, 2.75) is 19.3 Å². The zero-order valence-corrected chi connectivity index (χ0v) is 12.1. The van der Waals surface area contributed by atoms with Gasteiger partial charge in [-0.2, -0.15) is 5.10 Å². The predicted molar refractivity (Wildman–Crippen MR) is 79.5 cm³/mol.